The molecule has 0 radical (unpaired) electrons. The van der Waals surface area contributed by atoms with Crippen LogP contribution in [0.3, 0.4) is 0 Å². The zero-order valence-corrected chi connectivity index (χ0v) is 15.2. The van der Waals surface area contributed by atoms with E-state index in [0.717, 1.165) is 56.3 Å². The monoisotopic (exact) mass is 349 g/mol. The van der Waals surface area contributed by atoms with Crippen molar-refractivity contribution in [1.82, 2.24) is 9.80 Å². The van der Waals surface area contributed by atoms with Gasteiger partial charge in [-0.2, -0.15) is 0 Å². The average Bonchev–Trinajstić information content (AvgIpc) is 2.97. The van der Waals surface area contributed by atoms with Gasteiger partial charge in [0, 0.05) is 51.5 Å². The number of hydrogen-bond acceptors (Lipinski definition) is 6. The first-order valence-corrected chi connectivity index (χ1v) is 8.72. The first kappa shape index (κ1) is 17.7. The smallest absolute Gasteiger partial charge is 0.409 e. The summed E-state index contributed by atoms with van der Waals surface area (Å²) in [6.07, 6.45) is 0.719. The van der Waals surface area contributed by atoms with E-state index >= 15 is 0 Å². The molecule has 1 aromatic carbocycles. The lowest BCUT2D eigenvalue weighted by molar-refractivity contribution is 0.121. The number of hydrogen-bond donors (Lipinski definition) is 0. The summed E-state index contributed by atoms with van der Waals surface area (Å²) in [4.78, 5) is 17.8. The Kier molecular flexibility index (Phi) is 5.53. The van der Waals surface area contributed by atoms with Crippen molar-refractivity contribution in [1.29, 1.82) is 0 Å². The summed E-state index contributed by atoms with van der Waals surface area (Å²) in [5.41, 5.74) is 1.16. The van der Waals surface area contributed by atoms with Gasteiger partial charge in [-0.05, 0) is 18.6 Å². The summed E-state index contributed by atoms with van der Waals surface area (Å²) in [5, 5.41) is 0. The minimum Gasteiger partial charge on any atom is -0.493 e. The lowest BCUT2D eigenvalue weighted by Crippen LogP contribution is -2.47. The Bertz CT molecular complexity index is 602. The highest BCUT2D eigenvalue weighted by Crippen LogP contribution is 2.31. The van der Waals surface area contributed by atoms with Gasteiger partial charge in [0.2, 0.25) is 0 Å². The summed E-state index contributed by atoms with van der Waals surface area (Å²) in [5.74, 6) is 1.51. The van der Waals surface area contributed by atoms with E-state index in [1.54, 1.807) is 26.2 Å². The van der Waals surface area contributed by atoms with Gasteiger partial charge in [0.05, 0.1) is 20.8 Å². The second kappa shape index (κ2) is 7.82. The topological polar surface area (TPSA) is 54.5 Å². The predicted molar refractivity (Wildman–Crippen MR) is 95.7 cm³/mol. The van der Waals surface area contributed by atoms with E-state index < -0.39 is 0 Å². The molecular formula is C18H27N3O4. The fraction of sp³-hybridized carbons (Fsp3) is 0.611. The fourth-order valence-electron chi connectivity index (χ4n) is 3.38. The molecule has 2 fully saturated rings. The molecule has 1 atom stereocenters. The van der Waals surface area contributed by atoms with E-state index in [1.165, 1.54) is 0 Å². The van der Waals surface area contributed by atoms with Gasteiger partial charge >= 0.3 is 6.09 Å². The number of rotatable bonds is 6. The highest BCUT2D eigenvalue weighted by atomic mass is 16.6. The number of nitrogens with zero attached hydrogens (tertiary/aromatic N) is 3. The zero-order chi connectivity index (χ0) is 17.8. The molecule has 0 bridgehead atoms. The third-order valence-corrected chi connectivity index (χ3v) is 4.93. The van der Waals surface area contributed by atoms with Crippen LogP contribution in [0.25, 0.3) is 0 Å². The lowest BCUT2D eigenvalue weighted by Gasteiger charge is -2.36. The predicted octanol–water partition coefficient (Wildman–Crippen LogP) is 1.67. The highest BCUT2D eigenvalue weighted by molar-refractivity contribution is 5.69. The number of carbonyl (C=O) groups excluding carboxylic acids is 1. The maximum absolute atomic E-state index is 11.4. The van der Waals surface area contributed by atoms with Crippen molar-refractivity contribution in [3.05, 3.63) is 18.2 Å². The Morgan fingerprint density at radius 1 is 1.12 bits per heavy atom. The number of amides is 1. The molecule has 7 heteroatoms. The molecule has 1 amide bonds. The van der Waals surface area contributed by atoms with Gasteiger partial charge in [-0.25, -0.2) is 4.79 Å². The summed E-state index contributed by atoms with van der Waals surface area (Å²) in [6.45, 7) is 5.62. The molecule has 2 aliphatic rings. The van der Waals surface area contributed by atoms with Crippen LogP contribution in [0.15, 0.2) is 18.2 Å². The minimum absolute atomic E-state index is 0.0291. The largest absolute Gasteiger partial charge is 0.493 e. The molecule has 1 unspecified atom stereocenters. The molecule has 0 saturated carbocycles. The van der Waals surface area contributed by atoms with Crippen molar-refractivity contribution in [3.63, 3.8) is 0 Å². The molecule has 0 N–H and O–H groups in total. The van der Waals surface area contributed by atoms with Crippen LogP contribution in [-0.4, -0.2) is 82.5 Å². The molecule has 138 valence electrons. The number of ether oxygens (including phenoxy) is 3. The van der Waals surface area contributed by atoms with E-state index in [1.807, 2.05) is 12.1 Å². The maximum atomic E-state index is 11.4. The number of anilines is 1. The lowest BCUT2D eigenvalue weighted by atomic mass is 10.2. The molecule has 0 spiro atoms. The first-order chi connectivity index (χ1) is 12.1. The van der Waals surface area contributed by atoms with Crippen LogP contribution in [0.4, 0.5) is 10.5 Å². The molecular weight excluding hydrogens is 322 g/mol. The van der Waals surface area contributed by atoms with Gasteiger partial charge in [0.1, 0.15) is 6.10 Å². The molecule has 3 rings (SSSR count). The van der Waals surface area contributed by atoms with Crippen LogP contribution in [0.2, 0.25) is 0 Å². The maximum Gasteiger partial charge on any atom is 0.409 e. The Balaban J connectivity index is 1.48. The van der Waals surface area contributed by atoms with Crippen molar-refractivity contribution >= 4 is 11.8 Å². The van der Waals surface area contributed by atoms with Gasteiger partial charge in [0.25, 0.3) is 0 Å². The van der Waals surface area contributed by atoms with Crippen LogP contribution in [0.1, 0.15) is 6.42 Å². The summed E-state index contributed by atoms with van der Waals surface area (Å²) >= 11 is 0. The molecule has 0 aromatic heterocycles. The normalized spacial score (nSPS) is 21.4. The fourth-order valence-corrected chi connectivity index (χ4v) is 3.38. The van der Waals surface area contributed by atoms with Gasteiger partial charge in [0.15, 0.2) is 11.5 Å². The summed E-state index contributed by atoms with van der Waals surface area (Å²) in [7, 11) is 5.09. The van der Waals surface area contributed by atoms with Crippen LogP contribution in [0, 0.1) is 0 Å². The van der Waals surface area contributed by atoms with Crippen LogP contribution in [0.5, 0.6) is 11.5 Å². The van der Waals surface area contributed by atoms with E-state index in [0.29, 0.717) is 6.54 Å². The van der Waals surface area contributed by atoms with E-state index in [-0.39, 0.29) is 12.2 Å². The number of benzene rings is 1. The number of carbonyl (C=O) groups is 1. The van der Waals surface area contributed by atoms with Crippen LogP contribution in [-0.2, 0) is 4.74 Å². The average molecular weight is 349 g/mol. The first-order valence-electron chi connectivity index (χ1n) is 8.72. The number of methoxy groups -OCH3 is 2. The van der Waals surface area contributed by atoms with Crippen molar-refractivity contribution < 1.29 is 19.0 Å². The van der Waals surface area contributed by atoms with E-state index in [9.17, 15) is 4.79 Å². The minimum atomic E-state index is -0.205. The third kappa shape index (κ3) is 4.10. The molecule has 0 aliphatic carbocycles. The van der Waals surface area contributed by atoms with E-state index in [2.05, 4.69) is 15.9 Å². The number of cyclic esters (lactones) is 1. The van der Waals surface area contributed by atoms with Crippen molar-refractivity contribution in [2.45, 2.75) is 12.5 Å². The zero-order valence-electron chi connectivity index (χ0n) is 15.2. The van der Waals surface area contributed by atoms with Gasteiger partial charge in [-0.1, -0.05) is 0 Å². The quantitative estimate of drug-likeness (QED) is 0.779. The van der Waals surface area contributed by atoms with Crippen LogP contribution >= 0.6 is 0 Å². The molecule has 2 saturated heterocycles. The Labute approximate surface area is 149 Å². The Morgan fingerprint density at radius 2 is 1.84 bits per heavy atom. The Morgan fingerprint density at radius 3 is 2.44 bits per heavy atom. The second-order valence-corrected chi connectivity index (χ2v) is 6.54. The summed E-state index contributed by atoms with van der Waals surface area (Å²) in [6, 6.07) is 6.05. The SMILES string of the molecule is COc1ccc(N2CCN(CCC3CN(C)C(=O)O3)CC2)cc1OC. The molecule has 2 heterocycles. The number of piperazine rings is 1. The molecule has 2 aliphatic heterocycles. The Hall–Kier alpha value is -2.15. The van der Waals surface area contributed by atoms with Crippen LogP contribution < -0.4 is 14.4 Å². The molecule has 1 aromatic rings. The standard InChI is InChI=1S/C18H27N3O4/c1-19-13-15(25-18(19)22)6-7-20-8-10-21(11-9-20)14-4-5-16(23-2)17(12-14)24-3/h4-5,12,15H,6-11,13H2,1-3H3. The van der Waals surface area contributed by atoms with E-state index in [4.69, 9.17) is 14.2 Å². The highest BCUT2D eigenvalue weighted by Gasteiger charge is 2.28. The van der Waals surface area contributed by atoms with Crippen molar-refractivity contribution in [2.24, 2.45) is 0 Å². The van der Waals surface area contributed by atoms with Crippen molar-refractivity contribution in [3.8, 4) is 11.5 Å². The third-order valence-electron chi connectivity index (χ3n) is 4.93. The molecule has 25 heavy (non-hydrogen) atoms. The van der Waals surface area contributed by atoms with Crippen molar-refractivity contribution in [2.75, 3.05) is 65.4 Å². The van der Waals surface area contributed by atoms with Gasteiger partial charge in [-0.15, -0.1) is 0 Å². The van der Waals surface area contributed by atoms with Gasteiger partial charge < -0.3 is 24.0 Å². The summed E-state index contributed by atoms with van der Waals surface area (Å²) < 4.78 is 16.0. The van der Waals surface area contributed by atoms with Gasteiger partial charge in [-0.3, -0.25) is 4.90 Å². The second-order valence-electron chi connectivity index (χ2n) is 6.54. The molecule has 7 nitrogen and oxygen atoms in total. The number of likely N-dealkylation sites (N-methyl/N-ethyl adjacent to an activating group) is 1.